The number of aryl methyl sites for hydroxylation is 1. The molecular formula is C25H22NOP. The topological polar surface area (TPSA) is 23.5 Å². The number of para-hydroxylation sites is 4. The molecule has 4 aromatic carbocycles. The lowest BCUT2D eigenvalue weighted by Crippen LogP contribution is -2.18. The average Bonchev–Trinajstić information content (AvgIpc) is 2.74. The average molecular weight is 383 g/mol. The van der Waals surface area contributed by atoms with Gasteiger partial charge in [-0.3, -0.25) is 0 Å². The van der Waals surface area contributed by atoms with Crippen molar-refractivity contribution in [3.05, 3.63) is 109 Å². The second kappa shape index (κ2) is 8.29. The van der Waals surface area contributed by atoms with Crippen molar-refractivity contribution in [2.24, 2.45) is 0 Å². The van der Waals surface area contributed by atoms with E-state index < -0.39 is 0 Å². The first kappa shape index (κ1) is 18.3. The first-order valence-corrected chi connectivity index (χ1v) is 10.3. The molecule has 0 aliphatic heterocycles. The standard InChI is InChI=1S/C25H22NOP/c1-19-11-10-18-24(25(19)27)28-23-17-9-8-16-22(23)26(20-12-4-2-5-13-20)21-14-6-3-7-15-21/h2-18,27-28H,1H3. The van der Waals surface area contributed by atoms with Crippen LogP contribution in [0, 0.1) is 6.92 Å². The number of benzene rings is 4. The van der Waals surface area contributed by atoms with E-state index in [1.54, 1.807) is 0 Å². The fourth-order valence-corrected chi connectivity index (χ4v) is 4.55. The molecule has 28 heavy (non-hydrogen) atoms. The summed E-state index contributed by atoms with van der Waals surface area (Å²) < 4.78 is 0. The number of anilines is 3. The lowest BCUT2D eigenvalue weighted by Gasteiger charge is -2.27. The van der Waals surface area contributed by atoms with Gasteiger partial charge in [0.15, 0.2) is 0 Å². The first-order valence-electron chi connectivity index (χ1n) is 9.29. The van der Waals surface area contributed by atoms with Gasteiger partial charge in [-0.15, -0.1) is 0 Å². The second-order valence-corrected chi connectivity index (χ2v) is 7.95. The van der Waals surface area contributed by atoms with Crippen molar-refractivity contribution < 1.29 is 5.11 Å². The molecule has 0 radical (unpaired) electrons. The number of hydrogen-bond donors (Lipinski definition) is 1. The zero-order valence-corrected chi connectivity index (χ0v) is 16.7. The van der Waals surface area contributed by atoms with E-state index in [4.69, 9.17) is 0 Å². The van der Waals surface area contributed by atoms with Gasteiger partial charge in [0, 0.05) is 22.0 Å². The lowest BCUT2D eigenvalue weighted by molar-refractivity contribution is 0.475. The van der Waals surface area contributed by atoms with Crippen LogP contribution in [0.2, 0.25) is 0 Å². The Balaban J connectivity index is 1.83. The third-order valence-corrected chi connectivity index (χ3v) is 6.05. The molecule has 0 aliphatic rings. The normalized spacial score (nSPS) is 11.0. The summed E-state index contributed by atoms with van der Waals surface area (Å²) in [6.45, 7) is 1.94. The Morgan fingerprint density at radius 1 is 0.607 bits per heavy atom. The van der Waals surface area contributed by atoms with Gasteiger partial charge in [-0.2, -0.15) is 0 Å². The van der Waals surface area contributed by atoms with Gasteiger partial charge in [0.2, 0.25) is 0 Å². The summed E-state index contributed by atoms with van der Waals surface area (Å²) in [5, 5.41) is 12.7. The van der Waals surface area contributed by atoms with E-state index in [2.05, 4.69) is 77.7 Å². The Bertz CT molecular complexity index is 1020. The largest absolute Gasteiger partial charge is 0.507 e. The number of hydrogen-bond acceptors (Lipinski definition) is 2. The van der Waals surface area contributed by atoms with E-state index in [0.717, 1.165) is 27.9 Å². The summed E-state index contributed by atoms with van der Waals surface area (Å²) in [6.07, 6.45) is 0. The first-order chi connectivity index (χ1) is 13.7. The molecule has 4 rings (SSSR count). The van der Waals surface area contributed by atoms with Gasteiger partial charge in [-0.25, -0.2) is 0 Å². The number of aromatic hydroxyl groups is 1. The minimum absolute atomic E-state index is 0.362. The van der Waals surface area contributed by atoms with E-state index in [9.17, 15) is 5.11 Å². The molecule has 1 N–H and O–H groups in total. The Hall–Kier alpha value is -3.09. The van der Waals surface area contributed by atoms with Gasteiger partial charge in [-0.1, -0.05) is 81.4 Å². The summed E-state index contributed by atoms with van der Waals surface area (Å²) in [7, 11) is 0.362. The molecule has 0 spiro atoms. The SMILES string of the molecule is Cc1cccc(Pc2ccccc2N(c2ccccc2)c2ccccc2)c1O. The van der Waals surface area contributed by atoms with E-state index in [1.807, 2.05) is 37.3 Å². The van der Waals surface area contributed by atoms with Crippen molar-refractivity contribution in [2.75, 3.05) is 4.90 Å². The van der Waals surface area contributed by atoms with Crippen LogP contribution in [0.25, 0.3) is 0 Å². The van der Waals surface area contributed by atoms with Gasteiger partial charge in [-0.05, 0) is 42.8 Å². The maximum atomic E-state index is 10.5. The van der Waals surface area contributed by atoms with Crippen LogP contribution in [0.15, 0.2) is 103 Å². The molecule has 0 saturated heterocycles. The van der Waals surface area contributed by atoms with Crippen LogP contribution in [-0.4, -0.2) is 5.11 Å². The molecule has 1 atom stereocenters. The summed E-state index contributed by atoms with van der Waals surface area (Å²) in [4.78, 5) is 2.27. The van der Waals surface area contributed by atoms with E-state index in [-0.39, 0.29) is 0 Å². The zero-order valence-electron chi connectivity index (χ0n) is 15.7. The maximum Gasteiger partial charge on any atom is 0.126 e. The summed E-state index contributed by atoms with van der Waals surface area (Å²) in [6, 6.07) is 35.2. The highest BCUT2D eigenvalue weighted by atomic mass is 31.1. The summed E-state index contributed by atoms with van der Waals surface area (Å²) in [5.74, 6) is 0.390. The fraction of sp³-hybridized carbons (Fsp3) is 0.0400. The van der Waals surface area contributed by atoms with Gasteiger partial charge < -0.3 is 10.0 Å². The highest BCUT2D eigenvalue weighted by Gasteiger charge is 2.16. The lowest BCUT2D eigenvalue weighted by atomic mass is 10.2. The predicted molar refractivity (Wildman–Crippen MR) is 122 cm³/mol. The highest BCUT2D eigenvalue weighted by molar-refractivity contribution is 7.56. The Morgan fingerprint density at radius 3 is 1.79 bits per heavy atom. The third kappa shape index (κ3) is 3.78. The van der Waals surface area contributed by atoms with Crippen LogP contribution in [0.5, 0.6) is 5.75 Å². The smallest absolute Gasteiger partial charge is 0.126 e. The van der Waals surface area contributed by atoms with Crippen molar-refractivity contribution in [3.8, 4) is 5.75 Å². The molecule has 4 aromatic rings. The quantitative estimate of drug-likeness (QED) is 0.440. The van der Waals surface area contributed by atoms with Gasteiger partial charge >= 0.3 is 0 Å². The molecule has 0 amide bonds. The third-order valence-electron chi connectivity index (χ3n) is 4.68. The van der Waals surface area contributed by atoms with Crippen LogP contribution in [0.3, 0.4) is 0 Å². The van der Waals surface area contributed by atoms with Crippen molar-refractivity contribution in [3.63, 3.8) is 0 Å². The molecule has 0 saturated carbocycles. The molecule has 0 aromatic heterocycles. The van der Waals surface area contributed by atoms with Crippen molar-refractivity contribution in [1.29, 1.82) is 0 Å². The molecule has 3 heteroatoms. The van der Waals surface area contributed by atoms with Gasteiger partial charge in [0.1, 0.15) is 5.75 Å². The summed E-state index contributed by atoms with van der Waals surface area (Å²) in [5.41, 5.74) is 4.25. The van der Waals surface area contributed by atoms with Crippen LogP contribution >= 0.6 is 8.58 Å². The van der Waals surface area contributed by atoms with E-state index in [0.29, 0.717) is 14.3 Å². The number of rotatable bonds is 5. The van der Waals surface area contributed by atoms with Gasteiger partial charge in [0.05, 0.1) is 5.69 Å². The molecule has 0 bridgehead atoms. The van der Waals surface area contributed by atoms with Crippen LogP contribution in [0.4, 0.5) is 17.1 Å². The number of phenols is 1. The zero-order chi connectivity index (χ0) is 19.3. The molecule has 1 unspecified atom stereocenters. The van der Waals surface area contributed by atoms with Crippen molar-refractivity contribution in [2.45, 2.75) is 6.92 Å². The molecule has 138 valence electrons. The molecule has 0 aliphatic carbocycles. The highest BCUT2D eigenvalue weighted by Crippen LogP contribution is 2.35. The molecule has 2 nitrogen and oxygen atoms in total. The Morgan fingerprint density at radius 2 is 1.14 bits per heavy atom. The Kier molecular flexibility index (Phi) is 5.41. The monoisotopic (exact) mass is 383 g/mol. The fourth-order valence-electron chi connectivity index (χ4n) is 3.26. The van der Waals surface area contributed by atoms with E-state index >= 15 is 0 Å². The van der Waals surface area contributed by atoms with Gasteiger partial charge in [0.25, 0.3) is 0 Å². The summed E-state index contributed by atoms with van der Waals surface area (Å²) >= 11 is 0. The minimum atomic E-state index is 0.362. The van der Waals surface area contributed by atoms with E-state index in [1.165, 1.54) is 5.30 Å². The molecule has 0 fully saturated rings. The predicted octanol–water partition coefficient (Wildman–Crippen LogP) is 5.80. The van der Waals surface area contributed by atoms with Crippen LogP contribution in [0.1, 0.15) is 5.56 Å². The van der Waals surface area contributed by atoms with Crippen molar-refractivity contribution >= 4 is 36.3 Å². The molecular weight excluding hydrogens is 361 g/mol. The number of nitrogens with zero attached hydrogens (tertiary/aromatic N) is 1. The minimum Gasteiger partial charge on any atom is -0.507 e. The van der Waals surface area contributed by atoms with Crippen molar-refractivity contribution in [1.82, 2.24) is 0 Å². The number of phenolic OH excluding ortho intramolecular Hbond substituents is 1. The molecule has 0 heterocycles. The van der Waals surface area contributed by atoms with Crippen LogP contribution in [-0.2, 0) is 0 Å². The Labute approximate surface area is 167 Å². The van der Waals surface area contributed by atoms with Crippen LogP contribution < -0.4 is 15.5 Å². The maximum absolute atomic E-state index is 10.5. The second-order valence-electron chi connectivity index (χ2n) is 6.62.